The highest BCUT2D eigenvalue weighted by Gasteiger charge is 2.17. The molecule has 0 aromatic rings. The minimum atomic E-state index is -3.54. The van der Waals surface area contributed by atoms with Gasteiger partial charge in [0.05, 0.1) is 0 Å². The van der Waals surface area contributed by atoms with Gasteiger partial charge in [-0.2, -0.15) is 8.42 Å². The molecule has 1 aliphatic rings. The fourth-order valence-electron chi connectivity index (χ4n) is 0.562. The summed E-state index contributed by atoms with van der Waals surface area (Å²) >= 11 is 0. The third-order valence-corrected chi connectivity index (χ3v) is 1.78. The Morgan fingerprint density at radius 2 is 2.00 bits per heavy atom. The van der Waals surface area contributed by atoms with Crippen LogP contribution in [0.2, 0.25) is 0 Å². The van der Waals surface area contributed by atoms with E-state index in [9.17, 15) is 8.42 Å². The minimum Gasteiger partial charge on any atom is -0.230 e. The van der Waals surface area contributed by atoms with Crippen LogP contribution in [0.1, 0.15) is 6.42 Å². The van der Waals surface area contributed by atoms with E-state index in [1.165, 1.54) is 0 Å². The fraction of sp³-hybridized carbons (Fsp3) is 1.00. The van der Waals surface area contributed by atoms with Crippen LogP contribution in [0.25, 0.3) is 0 Å². The zero-order chi connectivity index (χ0) is 6.91. The lowest BCUT2D eigenvalue weighted by molar-refractivity contribution is 0.153. The van der Waals surface area contributed by atoms with Crippen LogP contribution in [0.3, 0.4) is 0 Å². The summed E-state index contributed by atoms with van der Waals surface area (Å²) in [5.41, 5.74) is 0. The number of hydrogen-bond acceptors (Lipinski definition) is 3. The van der Waals surface area contributed by atoms with E-state index in [1.807, 2.05) is 0 Å². The van der Waals surface area contributed by atoms with Gasteiger partial charge in [-0.25, -0.2) is 5.01 Å². The molecular weight excluding hydrogens is 164 g/mol. The smallest absolute Gasteiger partial charge is 0.230 e. The van der Waals surface area contributed by atoms with Gasteiger partial charge in [-0.15, -0.1) is 4.83 Å². The van der Waals surface area contributed by atoms with E-state index in [0.29, 0.717) is 0 Å². The third-order valence-electron chi connectivity index (χ3n) is 1.09. The first-order chi connectivity index (χ1) is 4.08. The molecule has 4 nitrogen and oxygen atoms in total. The zero-order valence-electron chi connectivity index (χ0n) is 4.67. The molecule has 54 valence electrons. The maximum Gasteiger partial charge on any atom is 0.310 e. The van der Waals surface area contributed by atoms with Gasteiger partial charge in [0, 0.05) is 23.8 Å². The highest BCUT2D eigenvalue weighted by atomic mass is 35.7. The van der Waals surface area contributed by atoms with E-state index in [0.717, 1.165) is 19.5 Å². The lowest BCUT2D eigenvalue weighted by atomic mass is 10.3. The largest absolute Gasteiger partial charge is 0.310 e. The molecule has 6 heteroatoms. The molecule has 1 rings (SSSR count). The monoisotopic (exact) mass is 170 g/mol. The Morgan fingerprint density at radius 1 is 1.44 bits per heavy atom. The number of nitrogens with one attached hydrogen (secondary N) is 1. The van der Waals surface area contributed by atoms with Crippen LogP contribution in [0.5, 0.6) is 0 Å². The Morgan fingerprint density at radius 3 is 2.11 bits per heavy atom. The highest BCUT2D eigenvalue weighted by Crippen LogP contribution is 2.03. The van der Waals surface area contributed by atoms with E-state index in [1.54, 1.807) is 5.01 Å². The molecule has 0 aromatic carbocycles. The van der Waals surface area contributed by atoms with E-state index < -0.39 is 9.24 Å². The lowest BCUT2D eigenvalue weighted by Gasteiger charge is -2.28. The average molecular weight is 171 g/mol. The molecule has 1 heterocycles. The molecule has 1 saturated heterocycles. The average Bonchev–Trinajstić information content (AvgIpc) is 1.53. The number of halogens is 1. The molecule has 9 heavy (non-hydrogen) atoms. The van der Waals surface area contributed by atoms with Gasteiger partial charge >= 0.3 is 9.24 Å². The predicted octanol–water partition coefficient (Wildman–Crippen LogP) is -0.320. The molecule has 0 atom stereocenters. The molecule has 0 aliphatic carbocycles. The predicted molar refractivity (Wildman–Crippen MR) is 34.1 cm³/mol. The van der Waals surface area contributed by atoms with Gasteiger partial charge in [0.15, 0.2) is 0 Å². The number of hydrogen-bond donors (Lipinski definition) is 1. The molecule has 0 unspecified atom stereocenters. The molecular formula is C3H7ClN2O2S. The second kappa shape index (κ2) is 2.42. The van der Waals surface area contributed by atoms with Gasteiger partial charge in [-0.05, 0) is 6.42 Å². The minimum absolute atomic E-state index is 0.756. The van der Waals surface area contributed by atoms with Gasteiger partial charge in [0.25, 0.3) is 0 Å². The normalized spacial score (nSPS) is 21.4. The zero-order valence-corrected chi connectivity index (χ0v) is 6.24. The Hall–Kier alpha value is 0.160. The van der Waals surface area contributed by atoms with Crippen molar-refractivity contribution < 1.29 is 8.42 Å². The first-order valence-electron chi connectivity index (χ1n) is 2.55. The van der Waals surface area contributed by atoms with Crippen molar-refractivity contribution in [1.29, 1.82) is 0 Å². The maximum atomic E-state index is 10.2. The number of rotatable bonds is 2. The summed E-state index contributed by atoms with van der Waals surface area (Å²) in [6, 6.07) is 0. The summed E-state index contributed by atoms with van der Waals surface area (Å²) in [5.74, 6) is 0. The fourth-order valence-corrected chi connectivity index (χ4v) is 1.35. The van der Waals surface area contributed by atoms with Crippen LogP contribution >= 0.6 is 10.7 Å². The first kappa shape index (κ1) is 7.27. The standard InChI is InChI=1S/C3H7ClN2O2S/c4-9(7,8)5-6-2-1-3-6/h5H,1-3H2. The molecule has 1 fully saturated rings. The van der Waals surface area contributed by atoms with E-state index in [-0.39, 0.29) is 0 Å². The molecule has 0 aromatic heterocycles. The summed E-state index contributed by atoms with van der Waals surface area (Å²) in [6.45, 7) is 1.51. The number of hydrazine groups is 1. The van der Waals surface area contributed by atoms with Gasteiger partial charge in [-0.1, -0.05) is 0 Å². The van der Waals surface area contributed by atoms with Crippen molar-refractivity contribution in [3.05, 3.63) is 0 Å². The van der Waals surface area contributed by atoms with Crippen molar-refractivity contribution in [1.82, 2.24) is 9.84 Å². The Labute approximate surface area is 58.3 Å². The van der Waals surface area contributed by atoms with Crippen LogP contribution in [0.15, 0.2) is 0 Å². The van der Waals surface area contributed by atoms with Crippen LogP contribution in [-0.4, -0.2) is 26.5 Å². The number of nitrogens with zero attached hydrogens (tertiary/aromatic N) is 1. The molecule has 0 bridgehead atoms. The van der Waals surface area contributed by atoms with Crippen LogP contribution in [0, 0.1) is 0 Å². The second-order valence-electron chi connectivity index (χ2n) is 1.87. The topological polar surface area (TPSA) is 49.4 Å². The van der Waals surface area contributed by atoms with Gasteiger partial charge in [0.2, 0.25) is 0 Å². The maximum absolute atomic E-state index is 10.2. The second-order valence-corrected chi connectivity index (χ2v) is 4.15. The Kier molecular flexibility index (Phi) is 1.95. The molecule has 0 spiro atoms. The quantitative estimate of drug-likeness (QED) is 0.578. The van der Waals surface area contributed by atoms with Crippen molar-refractivity contribution in [2.75, 3.05) is 13.1 Å². The molecule has 0 saturated carbocycles. The van der Waals surface area contributed by atoms with E-state index in [4.69, 9.17) is 10.7 Å². The Bertz CT molecular complexity index is 186. The summed E-state index contributed by atoms with van der Waals surface area (Å²) in [4.78, 5) is 2.13. The molecule has 1 aliphatic heterocycles. The van der Waals surface area contributed by atoms with Crippen molar-refractivity contribution in [2.45, 2.75) is 6.42 Å². The summed E-state index contributed by atoms with van der Waals surface area (Å²) < 4.78 is 20.5. The molecule has 0 radical (unpaired) electrons. The van der Waals surface area contributed by atoms with Gasteiger partial charge in [-0.3, -0.25) is 0 Å². The molecule has 1 N–H and O–H groups in total. The molecule has 0 amide bonds. The van der Waals surface area contributed by atoms with Crippen LogP contribution in [-0.2, 0) is 9.24 Å². The summed E-state index contributed by atoms with van der Waals surface area (Å²) in [7, 11) is 1.32. The SMILES string of the molecule is O=S(=O)(Cl)NN1CCC1. The lowest BCUT2D eigenvalue weighted by Crippen LogP contribution is -2.48. The van der Waals surface area contributed by atoms with E-state index >= 15 is 0 Å². The van der Waals surface area contributed by atoms with Crippen molar-refractivity contribution in [3.63, 3.8) is 0 Å². The summed E-state index contributed by atoms with van der Waals surface area (Å²) in [6.07, 6.45) is 1.03. The third kappa shape index (κ3) is 2.49. The van der Waals surface area contributed by atoms with Gasteiger partial charge < -0.3 is 0 Å². The highest BCUT2D eigenvalue weighted by molar-refractivity contribution is 8.12. The van der Waals surface area contributed by atoms with Crippen molar-refractivity contribution in [2.24, 2.45) is 0 Å². The first-order valence-corrected chi connectivity index (χ1v) is 4.86. The Balaban J connectivity index is 2.33. The van der Waals surface area contributed by atoms with Crippen LogP contribution < -0.4 is 4.83 Å². The van der Waals surface area contributed by atoms with Gasteiger partial charge in [0.1, 0.15) is 0 Å². The summed E-state index contributed by atoms with van der Waals surface area (Å²) in [5, 5.41) is 1.54. The van der Waals surface area contributed by atoms with Crippen molar-refractivity contribution >= 4 is 19.9 Å². The van der Waals surface area contributed by atoms with Crippen LogP contribution in [0.4, 0.5) is 0 Å². The van der Waals surface area contributed by atoms with Crippen molar-refractivity contribution in [3.8, 4) is 0 Å². The van der Waals surface area contributed by atoms with E-state index in [2.05, 4.69) is 4.83 Å².